The first-order valence-corrected chi connectivity index (χ1v) is 7.43. The fourth-order valence-corrected chi connectivity index (χ4v) is 2.12. The Bertz CT molecular complexity index is 485. The minimum atomic E-state index is -0.858. The number of hydrogen-bond donors (Lipinski definition) is 1. The van der Waals surface area contributed by atoms with Crippen LogP contribution in [0.25, 0.3) is 0 Å². The molecule has 0 aliphatic heterocycles. The molecular formula is C17H27NO3. The first-order valence-electron chi connectivity index (χ1n) is 7.43. The molecule has 0 aliphatic rings. The van der Waals surface area contributed by atoms with Crippen molar-refractivity contribution in [1.29, 1.82) is 0 Å². The van der Waals surface area contributed by atoms with Gasteiger partial charge in [0.25, 0.3) is 0 Å². The van der Waals surface area contributed by atoms with Crippen LogP contribution in [-0.4, -0.2) is 30.8 Å². The second-order valence-electron chi connectivity index (χ2n) is 5.89. The predicted octanol–water partition coefficient (Wildman–Crippen LogP) is 3.00. The summed E-state index contributed by atoms with van der Waals surface area (Å²) >= 11 is 0. The molecule has 0 fully saturated rings. The number of benzene rings is 1. The van der Waals surface area contributed by atoms with Crippen molar-refractivity contribution in [1.82, 2.24) is 5.32 Å². The highest BCUT2D eigenvalue weighted by Crippen LogP contribution is 2.18. The van der Waals surface area contributed by atoms with Gasteiger partial charge in [-0.1, -0.05) is 6.07 Å². The van der Waals surface area contributed by atoms with Gasteiger partial charge < -0.3 is 9.47 Å². The Labute approximate surface area is 127 Å². The minimum absolute atomic E-state index is 0.155. The Balaban J connectivity index is 2.81. The maximum atomic E-state index is 12.2. The van der Waals surface area contributed by atoms with Gasteiger partial charge in [-0.25, -0.2) is 4.79 Å². The van der Waals surface area contributed by atoms with E-state index in [-0.39, 0.29) is 18.6 Å². The van der Waals surface area contributed by atoms with Crippen molar-refractivity contribution >= 4 is 5.97 Å². The lowest BCUT2D eigenvalue weighted by molar-refractivity contribution is -0.152. The number of carbonyl (C=O) groups is 1. The molecule has 1 atom stereocenters. The van der Waals surface area contributed by atoms with Crippen molar-refractivity contribution in [2.24, 2.45) is 0 Å². The van der Waals surface area contributed by atoms with E-state index in [9.17, 15) is 4.79 Å². The SMILES string of the molecule is CCOC(=O)C(C)(COc1ccc(C)c(C)c1)NC(C)C. The van der Waals surface area contributed by atoms with E-state index < -0.39 is 5.54 Å². The Morgan fingerprint density at radius 2 is 1.95 bits per heavy atom. The predicted molar refractivity (Wildman–Crippen MR) is 84.7 cm³/mol. The molecule has 0 bridgehead atoms. The lowest BCUT2D eigenvalue weighted by atomic mass is 10.0. The summed E-state index contributed by atoms with van der Waals surface area (Å²) in [4.78, 5) is 12.2. The van der Waals surface area contributed by atoms with Gasteiger partial charge in [0.05, 0.1) is 6.61 Å². The second-order valence-corrected chi connectivity index (χ2v) is 5.89. The molecular weight excluding hydrogens is 266 g/mol. The highest BCUT2D eigenvalue weighted by Gasteiger charge is 2.36. The summed E-state index contributed by atoms with van der Waals surface area (Å²) in [5.41, 5.74) is 1.53. The molecule has 0 saturated heterocycles. The minimum Gasteiger partial charge on any atom is -0.491 e. The zero-order valence-corrected chi connectivity index (χ0v) is 13.9. The van der Waals surface area contributed by atoms with Gasteiger partial charge in [-0.05, 0) is 64.8 Å². The van der Waals surface area contributed by atoms with Gasteiger partial charge in [-0.3, -0.25) is 5.32 Å². The lowest BCUT2D eigenvalue weighted by Crippen LogP contribution is -2.57. The quantitative estimate of drug-likeness (QED) is 0.785. The van der Waals surface area contributed by atoms with Gasteiger partial charge in [0.2, 0.25) is 0 Å². The standard InChI is InChI=1S/C17H27NO3/c1-7-20-16(19)17(6,18-12(2)3)11-21-15-9-8-13(4)14(5)10-15/h8-10,12,18H,7,11H2,1-6H3. The van der Waals surface area contributed by atoms with Gasteiger partial charge >= 0.3 is 5.97 Å². The molecule has 0 aliphatic carbocycles. The van der Waals surface area contributed by atoms with E-state index >= 15 is 0 Å². The van der Waals surface area contributed by atoms with E-state index in [1.807, 2.05) is 45.9 Å². The molecule has 1 unspecified atom stereocenters. The summed E-state index contributed by atoms with van der Waals surface area (Å²) in [6.45, 7) is 12.3. The zero-order chi connectivity index (χ0) is 16.0. The van der Waals surface area contributed by atoms with Gasteiger partial charge in [0.1, 0.15) is 17.9 Å². The van der Waals surface area contributed by atoms with E-state index in [0.29, 0.717) is 6.61 Å². The molecule has 0 spiro atoms. The molecule has 0 saturated carbocycles. The largest absolute Gasteiger partial charge is 0.491 e. The van der Waals surface area contributed by atoms with Crippen LogP contribution in [0.5, 0.6) is 5.75 Å². The van der Waals surface area contributed by atoms with E-state index in [2.05, 4.69) is 12.2 Å². The van der Waals surface area contributed by atoms with Crippen molar-refractivity contribution in [3.05, 3.63) is 29.3 Å². The highest BCUT2D eigenvalue weighted by atomic mass is 16.5. The first-order chi connectivity index (χ1) is 9.78. The van der Waals surface area contributed by atoms with Crippen LogP contribution < -0.4 is 10.1 Å². The van der Waals surface area contributed by atoms with Crippen LogP contribution in [0.2, 0.25) is 0 Å². The van der Waals surface area contributed by atoms with E-state index in [1.54, 1.807) is 6.92 Å². The number of esters is 1. The van der Waals surface area contributed by atoms with Crippen LogP contribution in [0.3, 0.4) is 0 Å². The summed E-state index contributed by atoms with van der Waals surface area (Å²) in [6.07, 6.45) is 0. The average molecular weight is 293 g/mol. The van der Waals surface area contributed by atoms with Crippen molar-refractivity contribution in [3.8, 4) is 5.75 Å². The van der Waals surface area contributed by atoms with Crippen molar-refractivity contribution in [2.45, 2.75) is 53.1 Å². The van der Waals surface area contributed by atoms with Crippen LogP contribution in [0.4, 0.5) is 0 Å². The van der Waals surface area contributed by atoms with Crippen LogP contribution in [-0.2, 0) is 9.53 Å². The second kappa shape index (κ2) is 7.46. The van der Waals surface area contributed by atoms with Gasteiger partial charge in [0.15, 0.2) is 0 Å². The number of aryl methyl sites for hydroxylation is 2. The Morgan fingerprint density at radius 1 is 1.29 bits per heavy atom. The summed E-state index contributed by atoms with van der Waals surface area (Å²) in [6, 6.07) is 6.07. The summed E-state index contributed by atoms with van der Waals surface area (Å²) < 4.78 is 11.0. The lowest BCUT2D eigenvalue weighted by Gasteiger charge is -2.30. The average Bonchev–Trinajstić information content (AvgIpc) is 2.39. The highest BCUT2D eigenvalue weighted by molar-refractivity contribution is 5.80. The van der Waals surface area contributed by atoms with E-state index in [4.69, 9.17) is 9.47 Å². The fraction of sp³-hybridized carbons (Fsp3) is 0.588. The third-order valence-corrected chi connectivity index (χ3v) is 3.34. The first kappa shape index (κ1) is 17.5. The van der Waals surface area contributed by atoms with E-state index in [0.717, 1.165) is 5.75 Å². The molecule has 4 heteroatoms. The monoisotopic (exact) mass is 293 g/mol. The number of nitrogens with one attached hydrogen (secondary N) is 1. The van der Waals surface area contributed by atoms with Crippen LogP contribution in [0.15, 0.2) is 18.2 Å². The Kier molecular flexibility index (Phi) is 6.21. The molecule has 1 aromatic rings. The third-order valence-electron chi connectivity index (χ3n) is 3.34. The Morgan fingerprint density at radius 3 is 2.48 bits per heavy atom. The number of carbonyl (C=O) groups excluding carboxylic acids is 1. The molecule has 21 heavy (non-hydrogen) atoms. The molecule has 4 nitrogen and oxygen atoms in total. The maximum Gasteiger partial charge on any atom is 0.329 e. The van der Waals surface area contributed by atoms with Crippen molar-refractivity contribution in [3.63, 3.8) is 0 Å². The summed E-state index contributed by atoms with van der Waals surface area (Å²) in [5, 5.41) is 3.24. The molecule has 0 heterocycles. The number of rotatable bonds is 7. The zero-order valence-electron chi connectivity index (χ0n) is 13.9. The topological polar surface area (TPSA) is 47.6 Å². The Hall–Kier alpha value is -1.55. The molecule has 1 rings (SSSR count). The van der Waals surface area contributed by atoms with Crippen LogP contribution >= 0.6 is 0 Å². The molecule has 118 valence electrons. The molecule has 0 radical (unpaired) electrons. The van der Waals surface area contributed by atoms with Gasteiger partial charge in [-0.2, -0.15) is 0 Å². The van der Waals surface area contributed by atoms with Crippen LogP contribution in [0.1, 0.15) is 38.8 Å². The molecule has 1 N–H and O–H groups in total. The van der Waals surface area contributed by atoms with Crippen molar-refractivity contribution < 1.29 is 14.3 Å². The van der Waals surface area contributed by atoms with Crippen LogP contribution in [0, 0.1) is 13.8 Å². The van der Waals surface area contributed by atoms with Gasteiger partial charge in [-0.15, -0.1) is 0 Å². The molecule has 1 aromatic carbocycles. The normalized spacial score (nSPS) is 13.9. The van der Waals surface area contributed by atoms with Crippen molar-refractivity contribution in [2.75, 3.05) is 13.2 Å². The third kappa shape index (κ3) is 5.05. The summed E-state index contributed by atoms with van der Waals surface area (Å²) in [7, 11) is 0. The summed E-state index contributed by atoms with van der Waals surface area (Å²) in [5.74, 6) is 0.474. The van der Waals surface area contributed by atoms with Gasteiger partial charge in [0, 0.05) is 6.04 Å². The molecule has 0 amide bonds. The fourth-order valence-electron chi connectivity index (χ4n) is 2.12. The number of hydrogen-bond acceptors (Lipinski definition) is 4. The maximum absolute atomic E-state index is 12.2. The van der Waals surface area contributed by atoms with E-state index in [1.165, 1.54) is 11.1 Å². The molecule has 0 aromatic heterocycles. The number of ether oxygens (including phenoxy) is 2. The smallest absolute Gasteiger partial charge is 0.329 e.